The van der Waals surface area contributed by atoms with Crippen molar-refractivity contribution in [3.63, 3.8) is 0 Å². The zero-order valence-electron chi connectivity index (χ0n) is 19.1. The molecule has 0 N–H and O–H groups in total. The van der Waals surface area contributed by atoms with E-state index in [9.17, 15) is 9.18 Å². The van der Waals surface area contributed by atoms with Crippen LogP contribution in [-0.2, 0) is 0 Å². The number of aromatic nitrogens is 2. The first-order valence-corrected chi connectivity index (χ1v) is 12.4. The maximum absolute atomic E-state index is 13.4. The number of likely N-dealkylation sites (N-methyl/N-ethyl adjacent to an activating group) is 1. The zero-order chi connectivity index (χ0) is 22.9. The van der Waals surface area contributed by atoms with Gasteiger partial charge in [0, 0.05) is 58.0 Å². The van der Waals surface area contributed by atoms with Crippen molar-refractivity contribution in [2.24, 2.45) is 0 Å². The van der Waals surface area contributed by atoms with E-state index in [1.165, 1.54) is 23.5 Å². The summed E-state index contributed by atoms with van der Waals surface area (Å²) in [7, 11) is 0. The number of amides is 1. The van der Waals surface area contributed by atoms with Gasteiger partial charge in [-0.05, 0) is 43.3 Å². The summed E-state index contributed by atoms with van der Waals surface area (Å²) in [4.78, 5) is 33.1. The Bertz CT molecular complexity index is 1130. The van der Waals surface area contributed by atoms with Gasteiger partial charge < -0.3 is 19.6 Å². The first-order chi connectivity index (χ1) is 16.0. The lowest BCUT2D eigenvalue weighted by molar-refractivity contribution is 0.0751. The number of aryl methyl sites for hydroxylation is 1. The molecule has 2 fully saturated rings. The van der Waals surface area contributed by atoms with Crippen LogP contribution in [0.15, 0.2) is 30.6 Å². The molecular formula is C24H29FN6OS. The van der Waals surface area contributed by atoms with E-state index in [2.05, 4.69) is 31.6 Å². The van der Waals surface area contributed by atoms with Crippen molar-refractivity contribution < 1.29 is 9.18 Å². The van der Waals surface area contributed by atoms with Crippen LogP contribution in [-0.4, -0.2) is 84.6 Å². The molecule has 0 bridgehead atoms. The van der Waals surface area contributed by atoms with E-state index in [4.69, 9.17) is 0 Å². The summed E-state index contributed by atoms with van der Waals surface area (Å²) in [6.07, 6.45) is 1.62. The number of thiophene rings is 1. The summed E-state index contributed by atoms with van der Waals surface area (Å²) >= 11 is 1.47. The number of nitrogens with zero attached hydrogens (tertiary/aromatic N) is 6. The smallest absolute Gasteiger partial charge is 0.264 e. The Hall–Kier alpha value is -2.78. The van der Waals surface area contributed by atoms with Crippen LogP contribution in [0.25, 0.3) is 10.2 Å². The molecule has 9 heteroatoms. The van der Waals surface area contributed by atoms with Gasteiger partial charge in [-0.15, -0.1) is 11.3 Å². The first kappa shape index (κ1) is 22.0. The van der Waals surface area contributed by atoms with Gasteiger partial charge in [0.1, 0.15) is 22.8 Å². The number of halogens is 1. The van der Waals surface area contributed by atoms with Gasteiger partial charge in [0.05, 0.1) is 10.3 Å². The molecule has 0 radical (unpaired) electrons. The number of rotatable bonds is 4. The number of hydrogen-bond donors (Lipinski definition) is 0. The number of carbonyl (C=O) groups excluding carboxylic acids is 1. The summed E-state index contributed by atoms with van der Waals surface area (Å²) in [5.41, 5.74) is 1.97. The number of piperazine rings is 2. The van der Waals surface area contributed by atoms with Crippen LogP contribution < -0.4 is 9.80 Å². The van der Waals surface area contributed by atoms with Crippen molar-refractivity contribution in [3.05, 3.63) is 46.9 Å². The van der Waals surface area contributed by atoms with Gasteiger partial charge in [-0.25, -0.2) is 14.4 Å². The summed E-state index contributed by atoms with van der Waals surface area (Å²) in [6.45, 7) is 11.9. The van der Waals surface area contributed by atoms with Gasteiger partial charge in [-0.3, -0.25) is 4.79 Å². The van der Waals surface area contributed by atoms with Gasteiger partial charge in [-0.2, -0.15) is 0 Å². The summed E-state index contributed by atoms with van der Waals surface area (Å²) < 4.78 is 13.2. The molecule has 2 aromatic heterocycles. The Balaban J connectivity index is 1.33. The zero-order valence-corrected chi connectivity index (χ0v) is 19.9. The van der Waals surface area contributed by atoms with Crippen LogP contribution in [0.4, 0.5) is 15.9 Å². The average Bonchev–Trinajstić information content (AvgIpc) is 3.21. The second kappa shape index (κ2) is 9.23. The summed E-state index contributed by atoms with van der Waals surface area (Å²) in [5, 5.41) is 1.01. The molecule has 3 aromatic rings. The molecule has 0 spiro atoms. The van der Waals surface area contributed by atoms with Gasteiger partial charge in [0.15, 0.2) is 0 Å². The number of anilines is 2. The monoisotopic (exact) mass is 468 g/mol. The van der Waals surface area contributed by atoms with Crippen LogP contribution >= 0.6 is 11.3 Å². The molecule has 0 atom stereocenters. The van der Waals surface area contributed by atoms with Gasteiger partial charge in [-0.1, -0.05) is 6.92 Å². The molecule has 5 rings (SSSR count). The van der Waals surface area contributed by atoms with Crippen molar-refractivity contribution in [2.45, 2.75) is 13.8 Å². The first-order valence-electron chi connectivity index (χ1n) is 11.6. The molecule has 2 aliphatic rings. The van der Waals surface area contributed by atoms with E-state index >= 15 is 0 Å². The second-order valence-electron chi connectivity index (χ2n) is 8.61. The molecule has 7 nitrogen and oxygen atoms in total. The van der Waals surface area contributed by atoms with Gasteiger partial charge >= 0.3 is 0 Å². The van der Waals surface area contributed by atoms with Crippen molar-refractivity contribution in [2.75, 3.05) is 68.7 Å². The van der Waals surface area contributed by atoms with Crippen molar-refractivity contribution in [1.82, 2.24) is 19.8 Å². The highest BCUT2D eigenvalue weighted by Gasteiger charge is 2.28. The van der Waals surface area contributed by atoms with Crippen molar-refractivity contribution in [1.29, 1.82) is 0 Å². The minimum Gasteiger partial charge on any atom is -0.368 e. The van der Waals surface area contributed by atoms with E-state index in [1.807, 2.05) is 11.8 Å². The predicted molar refractivity (Wildman–Crippen MR) is 131 cm³/mol. The highest BCUT2D eigenvalue weighted by molar-refractivity contribution is 7.20. The quantitative estimate of drug-likeness (QED) is 0.586. The third-order valence-electron chi connectivity index (χ3n) is 6.78. The minimum atomic E-state index is -0.234. The number of fused-ring (bicyclic) bond motifs is 1. The lowest BCUT2D eigenvalue weighted by Gasteiger charge is -2.36. The summed E-state index contributed by atoms with van der Waals surface area (Å²) in [6, 6.07) is 6.55. The predicted octanol–water partition coefficient (Wildman–Crippen LogP) is 3.24. The maximum atomic E-state index is 13.4. The van der Waals surface area contributed by atoms with Crippen LogP contribution in [0.2, 0.25) is 0 Å². The van der Waals surface area contributed by atoms with Crippen LogP contribution in [0.1, 0.15) is 22.2 Å². The van der Waals surface area contributed by atoms with E-state index in [0.717, 1.165) is 78.0 Å². The molecule has 4 heterocycles. The molecule has 0 unspecified atom stereocenters. The van der Waals surface area contributed by atoms with Crippen LogP contribution in [0.5, 0.6) is 0 Å². The minimum absolute atomic E-state index is 0.0657. The van der Waals surface area contributed by atoms with Crippen LogP contribution in [0, 0.1) is 12.7 Å². The fourth-order valence-corrected chi connectivity index (χ4v) is 5.85. The maximum Gasteiger partial charge on any atom is 0.264 e. The topological polar surface area (TPSA) is 55.8 Å². The highest BCUT2D eigenvalue weighted by atomic mass is 32.1. The average molecular weight is 469 g/mol. The van der Waals surface area contributed by atoms with E-state index in [-0.39, 0.29) is 11.7 Å². The van der Waals surface area contributed by atoms with E-state index < -0.39 is 0 Å². The lowest BCUT2D eigenvalue weighted by Crippen LogP contribution is -2.48. The third kappa shape index (κ3) is 4.27. The van der Waals surface area contributed by atoms with E-state index in [0.29, 0.717) is 13.1 Å². The molecule has 33 heavy (non-hydrogen) atoms. The standard InChI is InChI=1S/C24H29FN6OS/c1-3-28-8-10-30(11-9-28)22-20-17(2)21(33-23(20)27-16-26-22)24(32)31-14-12-29(13-15-31)19-6-4-18(25)5-7-19/h4-7,16H,3,8-15H2,1-2H3. The molecule has 1 amide bonds. The van der Waals surface area contributed by atoms with Crippen molar-refractivity contribution >= 4 is 39.0 Å². The third-order valence-corrected chi connectivity index (χ3v) is 7.97. The molecule has 0 saturated carbocycles. The second-order valence-corrected chi connectivity index (χ2v) is 9.61. The fourth-order valence-electron chi connectivity index (χ4n) is 4.74. The number of hydrogen-bond acceptors (Lipinski definition) is 7. The largest absolute Gasteiger partial charge is 0.368 e. The Morgan fingerprint density at radius 1 is 0.970 bits per heavy atom. The highest BCUT2D eigenvalue weighted by Crippen LogP contribution is 2.36. The van der Waals surface area contributed by atoms with Gasteiger partial charge in [0.25, 0.3) is 5.91 Å². The Labute approximate surface area is 197 Å². The molecule has 2 aliphatic heterocycles. The normalized spacial score (nSPS) is 17.7. The SMILES string of the molecule is CCN1CCN(c2ncnc3sc(C(=O)N4CCN(c5ccc(F)cc5)CC4)c(C)c23)CC1. The molecule has 2 saturated heterocycles. The van der Waals surface area contributed by atoms with Crippen LogP contribution in [0.3, 0.4) is 0 Å². The van der Waals surface area contributed by atoms with Gasteiger partial charge in [0.2, 0.25) is 0 Å². The molecule has 0 aliphatic carbocycles. The Kier molecular flexibility index (Phi) is 6.16. The fraction of sp³-hybridized carbons (Fsp3) is 0.458. The van der Waals surface area contributed by atoms with Crippen molar-refractivity contribution in [3.8, 4) is 0 Å². The summed E-state index contributed by atoms with van der Waals surface area (Å²) in [5.74, 6) is 0.781. The van der Waals surface area contributed by atoms with E-state index in [1.54, 1.807) is 18.5 Å². The number of carbonyl (C=O) groups is 1. The molecular weight excluding hydrogens is 439 g/mol. The number of benzene rings is 1. The molecule has 1 aromatic carbocycles. The lowest BCUT2D eigenvalue weighted by atomic mass is 10.1. The Morgan fingerprint density at radius 3 is 2.30 bits per heavy atom. The molecule has 174 valence electrons. The Morgan fingerprint density at radius 2 is 1.64 bits per heavy atom.